The van der Waals surface area contributed by atoms with Gasteiger partial charge in [-0.05, 0) is 51.1 Å². The van der Waals surface area contributed by atoms with E-state index in [1.807, 2.05) is 0 Å². The van der Waals surface area contributed by atoms with Crippen LogP contribution in [-0.2, 0) is 31.2 Å². The molecule has 1 spiro atoms. The van der Waals surface area contributed by atoms with Gasteiger partial charge in [-0.1, -0.05) is 29.8 Å². The number of carboxylic acids is 3. The molecule has 11 nitrogen and oxygen atoms in total. The van der Waals surface area contributed by atoms with Crippen molar-refractivity contribution < 1.29 is 74.0 Å². The Labute approximate surface area is 280 Å². The Morgan fingerprint density at radius 3 is 1.66 bits per heavy atom. The van der Waals surface area contributed by atoms with Crippen LogP contribution in [0.15, 0.2) is 30.5 Å². The third-order valence-electron chi connectivity index (χ3n) is 8.28. The highest BCUT2D eigenvalue weighted by Crippen LogP contribution is 2.42. The van der Waals surface area contributed by atoms with Crippen LogP contribution < -0.4 is 0 Å². The highest BCUT2D eigenvalue weighted by atomic mass is 19.4. The highest BCUT2D eigenvalue weighted by molar-refractivity contribution is 5.73. The maximum Gasteiger partial charge on any atom is 0.490 e. The largest absolute Gasteiger partial charge is 0.490 e. The first-order chi connectivity index (χ1) is 23.0. The highest BCUT2D eigenvalue weighted by Gasteiger charge is 2.46. The Balaban J connectivity index is 0.000000338. The second-order valence-electron chi connectivity index (χ2n) is 11.7. The summed E-state index contributed by atoms with van der Waals surface area (Å²) in [7, 11) is 2.30. The molecule has 0 saturated carbocycles. The van der Waals surface area contributed by atoms with Gasteiger partial charge in [-0.25, -0.2) is 19.4 Å². The van der Waals surface area contributed by atoms with Gasteiger partial charge in [-0.2, -0.15) is 39.5 Å². The number of likely N-dealkylation sites (tertiary alicyclic amines) is 1. The summed E-state index contributed by atoms with van der Waals surface area (Å²) < 4.78 is 103. The van der Waals surface area contributed by atoms with Crippen LogP contribution in [0.25, 0.3) is 11.3 Å². The van der Waals surface area contributed by atoms with Gasteiger partial charge in [0.15, 0.2) is 0 Å². The van der Waals surface area contributed by atoms with Gasteiger partial charge in [0.05, 0.1) is 17.4 Å². The molecule has 4 heterocycles. The summed E-state index contributed by atoms with van der Waals surface area (Å²) in [5, 5.41) is 21.4. The lowest BCUT2D eigenvalue weighted by molar-refractivity contribution is -0.193. The third-order valence-corrected chi connectivity index (χ3v) is 8.28. The summed E-state index contributed by atoms with van der Waals surface area (Å²) in [5.74, 6) is -6.17. The molecule has 5 rings (SSSR count). The van der Waals surface area contributed by atoms with Crippen molar-refractivity contribution in [2.75, 3.05) is 46.4 Å². The Morgan fingerprint density at radius 1 is 0.800 bits per heavy atom. The first-order valence-electron chi connectivity index (χ1n) is 15.0. The number of carboxylic acid groups (broad SMARTS) is 3. The molecule has 0 atom stereocenters. The molecule has 3 N–H and O–H groups in total. The van der Waals surface area contributed by atoms with Crippen molar-refractivity contribution in [1.29, 1.82) is 0 Å². The lowest BCUT2D eigenvalue weighted by atomic mass is 9.83. The summed E-state index contributed by atoms with van der Waals surface area (Å²) >= 11 is 0. The molecule has 282 valence electrons. The lowest BCUT2D eigenvalue weighted by Crippen LogP contribution is -2.56. The first kappa shape index (κ1) is 42.3. The normalized spacial score (nSPS) is 18.3. The number of carbonyl (C=O) groups is 3. The predicted octanol–water partition coefficient (Wildman–Crippen LogP) is 5.42. The third kappa shape index (κ3) is 12.1. The minimum atomic E-state index is -5.08. The number of benzene rings is 1. The number of piperidine rings is 1. The minimum absolute atomic E-state index is 0.0906. The van der Waals surface area contributed by atoms with Gasteiger partial charge in [0, 0.05) is 45.9 Å². The van der Waals surface area contributed by atoms with E-state index >= 15 is 0 Å². The first-order valence-corrected chi connectivity index (χ1v) is 15.0. The Bertz CT molecular complexity index is 1360. The van der Waals surface area contributed by atoms with Crippen LogP contribution in [0.1, 0.15) is 37.1 Å². The van der Waals surface area contributed by atoms with Gasteiger partial charge < -0.3 is 29.5 Å². The Morgan fingerprint density at radius 2 is 1.24 bits per heavy atom. The molecule has 50 heavy (non-hydrogen) atoms. The molecule has 0 bridgehead atoms. The number of likely N-dealkylation sites (N-methyl/N-ethyl adjacent to an activating group) is 1. The monoisotopic (exact) mass is 736 g/mol. The number of alkyl halides is 9. The molecule has 0 amide bonds. The van der Waals surface area contributed by atoms with Crippen LogP contribution in [0.2, 0.25) is 0 Å². The van der Waals surface area contributed by atoms with E-state index in [9.17, 15) is 39.5 Å². The Hall–Kier alpha value is -3.91. The van der Waals surface area contributed by atoms with E-state index in [0.29, 0.717) is 0 Å². The van der Waals surface area contributed by atoms with E-state index in [2.05, 4.69) is 58.8 Å². The average molecular weight is 737 g/mol. The second-order valence-corrected chi connectivity index (χ2v) is 11.7. The van der Waals surface area contributed by atoms with Gasteiger partial charge in [-0.3, -0.25) is 4.90 Å². The molecule has 3 aliphatic rings. The number of rotatable bonds is 3. The molecule has 0 aliphatic carbocycles. The summed E-state index contributed by atoms with van der Waals surface area (Å²) in [6.45, 7) is 9.77. The molecule has 1 aromatic carbocycles. The van der Waals surface area contributed by atoms with Crippen molar-refractivity contribution in [3.8, 4) is 11.3 Å². The number of ether oxygens (including phenoxy) is 1. The number of imidazole rings is 1. The Kier molecular flexibility index (Phi) is 14.7. The topological polar surface area (TPSA) is 145 Å². The van der Waals surface area contributed by atoms with Gasteiger partial charge in [0.2, 0.25) is 0 Å². The minimum Gasteiger partial charge on any atom is -0.475 e. The van der Waals surface area contributed by atoms with Crippen LogP contribution in [0.3, 0.4) is 0 Å². The van der Waals surface area contributed by atoms with Gasteiger partial charge in [-0.15, -0.1) is 0 Å². The molecule has 2 fully saturated rings. The van der Waals surface area contributed by atoms with Gasteiger partial charge in [0.1, 0.15) is 5.82 Å². The zero-order valence-corrected chi connectivity index (χ0v) is 26.9. The van der Waals surface area contributed by atoms with Crippen molar-refractivity contribution in [2.45, 2.75) is 63.2 Å². The fraction of sp³-hybridized carbons (Fsp3) is 0.600. The predicted molar refractivity (Wildman–Crippen MR) is 157 cm³/mol. The number of halogens is 9. The van der Waals surface area contributed by atoms with Gasteiger partial charge >= 0.3 is 36.4 Å². The number of aliphatic carboxylic acids is 3. The van der Waals surface area contributed by atoms with Crippen LogP contribution >= 0.6 is 0 Å². The molecule has 20 heteroatoms. The number of fused-ring (bicyclic) bond motifs is 2. The van der Waals surface area contributed by atoms with E-state index in [-0.39, 0.29) is 5.54 Å². The second kappa shape index (κ2) is 17.3. The molecule has 0 unspecified atom stereocenters. The number of aryl methyl sites for hydroxylation is 1. The summed E-state index contributed by atoms with van der Waals surface area (Å²) in [5.41, 5.74) is 3.95. The fourth-order valence-corrected chi connectivity index (χ4v) is 5.57. The average Bonchev–Trinajstić information content (AvgIpc) is 3.46. The van der Waals surface area contributed by atoms with Crippen molar-refractivity contribution in [3.63, 3.8) is 0 Å². The maximum atomic E-state index is 10.6. The molecule has 2 saturated heterocycles. The zero-order chi connectivity index (χ0) is 38.1. The number of hydrogen-bond acceptors (Lipinski definition) is 7. The summed E-state index contributed by atoms with van der Waals surface area (Å²) in [4.78, 5) is 37.0. The zero-order valence-electron chi connectivity index (χ0n) is 26.9. The molecule has 0 radical (unpaired) electrons. The van der Waals surface area contributed by atoms with E-state index in [1.165, 1.54) is 68.0 Å². The van der Waals surface area contributed by atoms with Crippen LogP contribution in [-0.4, -0.2) is 118 Å². The molecular formula is C30H37F9N4O7. The van der Waals surface area contributed by atoms with Crippen LogP contribution in [0.4, 0.5) is 39.5 Å². The van der Waals surface area contributed by atoms with Crippen LogP contribution in [0, 0.1) is 12.8 Å². The van der Waals surface area contributed by atoms with Crippen molar-refractivity contribution in [1.82, 2.24) is 19.4 Å². The molecular weight excluding hydrogens is 699 g/mol. The van der Waals surface area contributed by atoms with Crippen molar-refractivity contribution in [3.05, 3.63) is 41.9 Å². The SMILES string of the molecule is Cc1ccc(-c2cnc3n2CCN(C)C32CCN(CC3CCOCC3)CC2)cc1.O=C(O)C(F)(F)F.O=C(O)C(F)(F)F.O=C(O)C(F)(F)F. The van der Waals surface area contributed by atoms with E-state index in [0.717, 1.165) is 32.2 Å². The standard InChI is InChI=1S/C24H34N4O.3C2HF3O2/c1-19-3-5-21(6-4-19)22-17-25-23-24(26(2)13-14-28(22)23)9-11-27(12-10-24)18-20-7-15-29-16-8-20;3*3-2(4,5)1(6)7/h3-6,17,20H,7-16,18H2,1-2H3;3*(H,6,7). The van der Waals surface area contributed by atoms with Crippen molar-refractivity contribution >= 4 is 17.9 Å². The number of aromatic nitrogens is 2. The van der Waals surface area contributed by atoms with Gasteiger partial charge in [0.25, 0.3) is 0 Å². The maximum absolute atomic E-state index is 10.6. The fourth-order valence-electron chi connectivity index (χ4n) is 5.57. The number of nitrogens with zero attached hydrogens (tertiary/aromatic N) is 4. The quantitative estimate of drug-likeness (QED) is 0.350. The summed E-state index contributed by atoms with van der Waals surface area (Å²) in [6, 6.07) is 8.88. The molecule has 3 aliphatic heterocycles. The van der Waals surface area contributed by atoms with Crippen molar-refractivity contribution in [2.24, 2.45) is 5.92 Å². The van der Waals surface area contributed by atoms with E-state index in [4.69, 9.17) is 39.4 Å². The van der Waals surface area contributed by atoms with E-state index < -0.39 is 36.4 Å². The summed E-state index contributed by atoms with van der Waals surface area (Å²) in [6.07, 6.45) is -8.33. The smallest absolute Gasteiger partial charge is 0.475 e. The van der Waals surface area contributed by atoms with E-state index in [1.54, 1.807) is 0 Å². The number of hydrogen-bond donors (Lipinski definition) is 3. The van der Waals surface area contributed by atoms with Crippen LogP contribution in [0.5, 0.6) is 0 Å². The molecule has 2 aromatic rings. The lowest BCUT2D eigenvalue weighted by Gasteiger charge is -2.50. The molecule has 1 aromatic heterocycles.